The topological polar surface area (TPSA) is 68.9 Å². The van der Waals surface area contributed by atoms with Crippen LogP contribution >= 0.6 is 23.4 Å². The van der Waals surface area contributed by atoms with E-state index >= 15 is 0 Å². The van der Waals surface area contributed by atoms with Gasteiger partial charge in [0.1, 0.15) is 16.5 Å². The molecule has 0 aliphatic heterocycles. The summed E-state index contributed by atoms with van der Waals surface area (Å²) in [4.78, 5) is 17.9. The molecule has 0 aliphatic rings. The summed E-state index contributed by atoms with van der Waals surface area (Å²) in [5, 5.41) is 1.01. The molecule has 64 valence electrons. The van der Waals surface area contributed by atoms with Crippen molar-refractivity contribution in [2.24, 2.45) is 5.73 Å². The van der Waals surface area contributed by atoms with Crippen molar-refractivity contribution in [2.75, 3.05) is 5.75 Å². The second-order valence-corrected chi connectivity index (χ2v) is 3.32. The molecule has 1 rings (SSSR count). The van der Waals surface area contributed by atoms with E-state index in [0.29, 0.717) is 10.2 Å². The molecule has 0 aromatic carbocycles. The van der Waals surface area contributed by atoms with E-state index in [9.17, 15) is 4.79 Å². The maximum atomic E-state index is 10.4. The lowest BCUT2D eigenvalue weighted by atomic mass is 10.7. The average Bonchev–Trinajstić information content (AvgIpc) is 2.01. The van der Waals surface area contributed by atoms with Crippen LogP contribution in [-0.4, -0.2) is 21.6 Å². The van der Waals surface area contributed by atoms with Crippen molar-refractivity contribution in [1.82, 2.24) is 9.97 Å². The third kappa shape index (κ3) is 3.06. The molecule has 0 spiro atoms. The standard InChI is InChI=1S/C6H6ClN3OS/c7-4-1-6(10-3-9-4)12-2-5(8)11/h1,3H,2H2,(H2,8,11). The van der Waals surface area contributed by atoms with Crippen LogP contribution in [0.3, 0.4) is 0 Å². The van der Waals surface area contributed by atoms with Gasteiger partial charge in [-0.25, -0.2) is 9.97 Å². The number of primary amides is 1. The minimum absolute atomic E-state index is 0.202. The van der Waals surface area contributed by atoms with E-state index < -0.39 is 0 Å². The molecule has 2 N–H and O–H groups in total. The molecule has 4 nitrogen and oxygen atoms in total. The third-order valence-electron chi connectivity index (χ3n) is 0.971. The van der Waals surface area contributed by atoms with Crippen molar-refractivity contribution < 1.29 is 4.79 Å². The Morgan fingerprint density at radius 3 is 3.00 bits per heavy atom. The van der Waals surface area contributed by atoms with E-state index in [2.05, 4.69) is 9.97 Å². The van der Waals surface area contributed by atoms with Gasteiger partial charge in [0.2, 0.25) is 5.91 Å². The summed E-state index contributed by atoms with van der Waals surface area (Å²) in [6.45, 7) is 0. The quantitative estimate of drug-likeness (QED) is 0.580. The summed E-state index contributed by atoms with van der Waals surface area (Å²) in [6.07, 6.45) is 1.34. The van der Waals surface area contributed by atoms with Crippen LogP contribution < -0.4 is 5.73 Å². The van der Waals surface area contributed by atoms with E-state index in [1.807, 2.05) is 0 Å². The lowest BCUT2D eigenvalue weighted by Gasteiger charge is -1.96. The number of hydrogen-bond acceptors (Lipinski definition) is 4. The highest BCUT2D eigenvalue weighted by Crippen LogP contribution is 2.16. The van der Waals surface area contributed by atoms with Gasteiger partial charge in [-0.2, -0.15) is 0 Å². The molecule has 0 atom stereocenters. The van der Waals surface area contributed by atoms with Gasteiger partial charge in [-0.05, 0) is 0 Å². The minimum atomic E-state index is -0.380. The van der Waals surface area contributed by atoms with Crippen molar-refractivity contribution in [1.29, 1.82) is 0 Å². The number of carbonyl (C=O) groups excluding carboxylic acids is 1. The number of nitrogens with zero attached hydrogens (tertiary/aromatic N) is 2. The van der Waals surface area contributed by atoms with Gasteiger partial charge in [-0.1, -0.05) is 23.4 Å². The molecule has 12 heavy (non-hydrogen) atoms. The molecular weight excluding hydrogens is 198 g/mol. The largest absolute Gasteiger partial charge is 0.369 e. The van der Waals surface area contributed by atoms with Crippen LogP contribution in [0.4, 0.5) is 0 Å². The van der Waals surface area contributed by atoms with Gasteiger partial charge < -0.3 is 5.73 Å². The Labute approximate surface area is 78.5 Å². The first kappa shape index (κ1) is 9.28. The van der Waals surface area contributed by atoms with E-state index in [4.69, 9.17) is 17.3 Å². The Morgan fingerprint density at radius 2 is 2.42 bits per heavy atom. The molecule has 1 amide bonds. The fourth-order valence-corrected chi connectivity index (χ4v) is 1.36. The number of halogens is 1. The number of nitrogens with two attached hydrogens (primary N) is 1. The monoisotopic (exact) mass is 203 g/mol. The van der Waals surface area contributed by atoms with Gasteiger partial charge in [-0.15, -0.1) is 0 Å². The van der Waals surface area contributed by atoms with Crippen LogP contribution in [0.5, 0.6) is 0 Å². The Morgan fingerprint density at radius 1 is 1.67 bits per heavy atom. The lowest BCUT2D eigenvalue weighted by Crippen LogP contribution is -2.13. The maximum Gasteiger partial charge on any atom is 0.227 e. The average molecular weight is 204 g/mol. The summed E-state index contributed by atoms with van der Waals surface area (Å²) in [6, 6.07) is 1.58. The molecule has 0 saturated heterocycles. The number of rotatable bonds is 3. The molecule has 0 saturated carbocycles. The number of amides is 1. The van der Waals surface area contributed by atoms with Crippen LogP contribution in [0.25, 0.3) is 0 Å². The van der Waals surface area contributed by atoms with Crippen molar-refractivity contribution in [3.8, 4) is 0 Å². The molecule has 1 heterocycles. The SMILES string of the molecule is NC(=O)CSc1cc(Cl)ncn1. The fourth-order valence-electron chi connectivity index (χ4n) is 0.541. The first-order chi connectivity index (χ1) is 5.68. The Balaban J connectivity index is 2.57. The highest BCUT2D eigenvalue weighted by molar-refractivity contribution is 7.99. The van der Waals surface area contributed by atoms with Gasteiger partial charge >= 0.3 is 0 Å². The summed E-state index contributed by atoms with van der Waals surface area (Å²) in [5.41, 5.74) is 4.94. The van der Waals surface area contributed by atoms with Crippen LogP contribution in [0, 0.1) is 0 Å². The van der Waals surface area contributed by atoms with Crippen LogP contribution in [-0.2, 0) is 4.79 Å². The lowest BCUT2D eigenvalue weighted by molar-refractivity contribution is -0.115. The first-order valence-electron chi connectivity index (χ1n) is 3.07. The molecule has 0 radical (unpaired) electrons. The predicted octanol–water partition coefficient (Wildman–Crippen LogP) is 0.707. The first-order valence-corrected chi connectivity index (χ1v) is 4.43. The summed E-state index contributed by atoms with van der Waals surface area (Å²) >= 11 is 6.81. The third-order valence-corrected chi connectivity index (χ3v) is 2.13. The minimum Gasteiger partial charge on any atom is -0.369 e. The number of carbonyl (C=O) groups is 1. The molecule has 0 aliphatic carbocycles. The maximum absolute atomic E-state index is 10.4. The Hall–Kier alpha value is -0.810. The predicted molar refractivity (Wildman–Crippen MR) is 47.0 cm³/mol. The van der Waals surface area contributed by atoms with Crippen molar-refractivity contribution >= 4 is 29.3 Å². The fraction of sp³-hybridized carbons (Fsp3) is 0.167. The number of hydrogen-bond donors (Lipinski definition) is 1. The van der Waals surface area contributed by atoms with Gasteiger partial charge in [0.25, 0.3) is 0 Å². The van der Waals surface area contributed by atoms with Crippen molar-refractivity contribution in [2.45, 2.75) is 5.03 Å². The Kier molecular flexibility index (Phi) is 3.31. The molecule has 1 aromatic heterocycles. The summed E-state index contributed by atoms with van der Waals surface area (Å²) in [5.74, 6) is -0.178. The molecule has 0 bridgehead atoms. The smallest absolute Gasteiger partial charge is 0.227 e. The molecule has 0 unspecified atom stereocenters. The second kappa shape index (κ2) is 4.27. The van der Waals surface area contributed by atoms with Gasteiger partial charge in [0.15, 0.2) is 0 Å². The molecule has 1 aromatic rings. The van der Waals surface area contributed by atoms with Crippen LogP contribution in [0.2, 0.25) is 5.15 Å². The summed E-state index contributed by atoms with van der Waals surface area (Å²) in [7, 11) is 0. The number of thioether (sulfide) groups is 1. The molecular formula is C6H6ClN3OS. The zero-order chi connectivity index (χ0) is 8.97. The molecule has 0 fully saturated rings. The normalized spacial score (nSPS) is 9.75. The Bertz CT molecular complexity index is 294. The second-order valence-electron chi connectivity index (χ2n) is 1.93. The van der Waals surface area contributed by atoms with E-state index in [0.717, 1.165) is 0 Å². The number of aromatic nitrogens is 2. The van der Waals surface area contributed by atoms with Gasteiger partial charge in [0, 0.05) is 6.07 Å². The molecule has 6 heteroatoms. The van der Waals surface area contributed by atoms with Crippen molar-refractivity contribution in [3.05, 3.63) is 17.5 Å². The summed E-state index contributed by atoms with van der Waals surface area (Å²) < 4.78 is 0. The zero-order valence-corrected chi connectivity index (χ0v) is 7.60. The van der Waals surface area contributed by atoms with E-state index in [-0.39, 0.29) is 11.7 Å². The zero-order valence-electron chi connectivity index (χ0n) is 6.03. The van der Waals surface area contributed by atoms with Gasteiger partial charge in [0.05, 0.1) is 5.75 Å². The van der Waals surface area contributed by atoms with Crippen LogP contribution in [0.1, 0.15) is 0 Å². The van der Waals surface area contributed by atoms with Crippen molar-refractivity contribution in [3.63, 3.8) is 0 Å². The highest BCUT2D eigenvalue weighted by atomic mass is 35.5. The van der Waals surface area contributed by atoms with E-state index in [1.165, 1.54) is 18.1 Å². The van der Waals surface area contributed by atoms with E-state index in [1.54, 1.807) is 6.07 Å². The highest BCUT2D eigenvalue weighted by Gasteiger charge is 1.99. The van der Waals surface area contributed by atoms with Gasteiger partial charge in [-0.3, -0.25) is 4.79 Å². The van der Waals surface area contributed by atoms with Crippen LogP contribution in [0.15, 0.2) is 17.4 Å².